The molecule has 2 rings (SSSR count). The Bertz CT molecular complexity index is 501. The summed E-state index contributed by atoms with van der Waals surface area (Å²) in [5, 5.41) is 9.20. The first-order chi connectivity index (χ1) is 8.91. The van der Waals surface area contributed by atoms with Crippen molar-refractivity contribution < 1.29 is 14.6 Å². The molecule has 0 radical (unpaired) electrons. The van der Waals surface area contributed by atoms with Gasteiger partial charge in [0.2, 0.25) is 0 Å². The van der Waals surface area contributed by atoms with Crippen LogP contribution in [0.25, 0.3) is 0 Å². The predicted molar refractivity (Wildman–Crippen MR) is 74.5 cm³/mol. The van der Waals surface area contributed by atoms with Gasteiger partial charge >= 0.3 is 5.97 Å². The maximum Gasteiger partial charge on any atom is 0.307 e. The first-order valence-corrected chi connectivity index (χ1v) is 6.88. The lowest BCUT2D eigenvalue weighted by Gasteiger charge is -2.22. The first kappa shape index (κ1) is 14.1. The molecule has 1 aliphatic rings. The zero-order valence-corrected chi connectivity index (χ0v) is 12.1. The number of carboxylic acids is 1. The van der Waals surface area contributed by atoms with E-state index in [-0.39, 0.29) is 6.42 Å². The van der Waals surface area contributed by atoms with Crippen LogP contribution in [-0.4, -0.2) is 11.1 Å². The van der Waals surface area contributed by atoms with E-state index in [4.69, 9.17) is 4.74 Å². The standard InChI is InChI=1S/C16H22O3/c1-9(2)12-5-11-7-19-8-14(11)16(10(3)4)13(12)6-15(17)18/h5,9-10H,6-8H2,1-4H3,(H,17,18). The zero-order chi connectivity index (χ0) is 14.2. The Hall–Kier alpha value is -1.35. The maximum absolute atomic E-state index is 11.2. The number of carboxylic acid groups (broad SMARTS) is 1. The lowest BCUT2D eigenvalue weighted by Crippen LogP contribution is -2.12. The predicted octanol–water partition coefficient (Wildman–Crippen LogP) is 3.59. The molecule has 0 fully saturated rings. The Morgan fingerprint density at radius 1 is 1.26 bits per heavy atom. The van der Waals surface area contributed by atoms with E-state index in [1.54, 1.807) is 0 Å². The van der Waals surface area contributed by atoms with Crippen molar-refractivity contribution in [3.05, 3.63) is 33.9 Å². The summed E-state index contributed by atoms with van der Waals surface area (Å²) in [7, 11) is 0. The highest BCUT2D eigenvalue weighted by atomic mass is 16.5. The van der Waals surface area contributed by atoms with Crippen molar-refractivity contribution in [1.29, 1.82) is 0 Å². The molecule has 1 aliphatic heterocycles. The van der Waals surface area contributed by atoms with E-state index in [1.807, 2.05) is 0 Å². The van der Waals surface area contributed by atoms with Crippen LogP contribution in [0.15, 0.2) is 6.07 Å². The Morgan fingerprint density at radius 2 is 1.95 bits per heavy atom. The molecule has 3 nitrogen and oxygen atoms in total. The molecular weight excluding hydrogens is 240 g/mol. The molecule has 0 saturated carbocycles. The van der Waals surface area contributed by atoms with Gasteiger partial charge in [-0.2, -0.15) is 0 Å². The molecule has 3 heteroatoms. The normalized spacial score (nSPS) is 14.2. The minimum absolute atomic E-state index is 0.105. The number of rotatable bonds is 4. The summed E-state index contributed by atoms with van der Waals surface area (Å²) < 4.78 is 5.55. The second-order valence-corrected chi connectivity index (χ2v) is 5.87. The lowest BCUT2D eigenvalue weighted by atomic mass is 9.82. The quantitative estimate of drug-likeness (QED) is 0.902. The van der Waals surface area contributed by atoms with E-state index in [0.29, 0.717) is 25.0 Å². The fourth-order valence-corrected chi connectivity index (χ4v) is 3.00. The monoisotopic (exact) mass is 262 g/mol. The van der Waals surface area contributed by atoms with Crippen LogP contribution in [0.4, 0.5) is 0 Å². The molecule has 1 N–H and O–H groups in total. The van der Waals surface area contributed by atoms with Gasteiger partial charge in [0.05, 0.1) is 19.6 Å². The minimum atomic E-state index is -0.761. The second-order valence-electron chi connectivity index (χ2n) is 5.87. The number of aliphatic carboxylic acids is 1. The van der Waals surface area contributed by atoms with Gasteiger partial charge in [-0.3, -0.25) is 4.79 Å². The molecule has 0 saturated heterocycles. The van der Waals surface area contributed by atoms with Gasteiger partial charge in [-0.05, 0) is 39.7 Å². The van der Waals surface area contributed by atoms with Gasteiger partial charge in [-0.1, -0.05) is 33.8 Å². The number of hydrogen-bond acceptors (Lipinski definition) is 2. The molecule has 0 unspecified atom stereocenters. The molecule has 0 spiro atoms. The fourth-order valence-electron chi connectivity index (χ4n) is 3.00. The van der Waals surface area contributed by atoms with E-state index in [0.717, 1.165) is 11.1 Å². The van der Waals surface area contributed by atoms with Crippen LogP contribution in [0.1, 0.15) is 67.3 Å². The van der Waals surface area contributed by atoms with Crippen LogP contribution in [-0.2, 0) is 29.2 Å². The van der Waals surface area contributed by atoms with Gasteiger partial charge in [0, 0.05) is 0 Å². The van der Waals surface area contributed by atoms with Crippen LogP contribution in [0, 0.1) is 0 Å². The molecule has 1 aromatic carbocycles. The van der Waals surface area contributed by atoms with Crippen LogP contribution in [0.3, 0.4) is 0 Å². The summed E-state index contributed by atoms with van der Waals surface area (Å²) in [6, 6.07) is 2.15. The van der Waals surface area contributed by atoms with Gasteiger partial charge in [-0.25, -0.2) is 0 Å². The number of fused-ring (bicyclic) bond motifs is 1. The first-order valence-electron chi connectivity index (χ1n) is 6.88. The number of hydrogen-bond donors (Lipinski definition) is 1. The third-order valence-corrected chi connectivity index (χ3v) is 3.75. The highest BCUT2D eigenvalue weighted by Crippen LogP contribution is 2.36. The van der Waals surface area contributed by atoms with Crippen LogP contribution in [0.5, 0.6) is 0 Å². The summed E-state index contributed by atoms with van der Waals surface area (Å²) in [5.41, 5.74) is 5.82. The van der Waals surface area contributed by atoms with E-state index in [9.17, 15) is 9.90 Å². The topological polar surface area (TPSA) is 46.5 Å². The molecule has 0 aliphatic carbocycles. The molecular formula is C16H22O3. The smallest absolute Gasteiger partial charge is 0.307 e. The highest BCUT2D eigenvalue weighted by Gasteiger charge is 2.25. The average molecular weight is 262 g/mol. The van der Waals surface area contributed by atoms with Gasteiger partial charge < -0.3 is 9.84 Å². The van der Waals surface area contributed by atoms with E-state index in [2.05, 4.69) is 33.8 Å². The summed E-state index contributed by atoms with van der Waals surface area (Å²) in [6.07, 6.45) is 0.105. The van der Waals surface area contributed by atoms with Crippen molar-refractivity contribution in [2.24, 2.45) is 0 Å². The molecule has 0 aromatic heterocycles. The molecule has 0 atom stereocenters. The lowest BCUT2D eigenvalue weighted by molar-refractivity contribution is -0.136. The van der Waals surface area contributed by atoms with Gasteiger partial charge in [0.15, 0.2) is 0 Å². The fraction of sp³-hybridized carbons (Fsp3) is 0.562. The van der Waals surface area contributed by atoms with Crippen molar-refractivity contribution >= 4 is 5.97 Å². The van der Waals surface area contributed by atoms with Gasteiger partial charge in [-0.15, -0.1) is 0 Å². The van der Waals surface area contributed by atoms with Crippen LogP contribution in [0.2, 0.25) is 0 Å². The Kier molecular flexibility index (Phi) is 3.95. The molecule has 19 heavy (non-hydrogen) atoms. The van der Waals surface area contributed by atoms with Crippen LogP contribution >= 0.6 is 0 Å². The zero-order valence-electron chi connectivity index (χ0n) is 12.1. The summed E-state index contributed by atoms with van der Waals surface area (Å²) in [5.74, 6) is -0.107. The van der Waals surface area contributed by atoms with Crippen molar-refractivity contribution in [2.75, 3.05) is 0 Å². The SMILES string of the molecule is CC(C)c1cc2c(c(C(C)C)c1CC(=O)O)COC2. The molecule has 1 heterocycles. The van der Waals surface area contributed by atoms with Crippen LogP contribution < -0.4 is 0 Å². The number of benzene rings is 1. The Morgan fingerprint density at radius 3 is 2.47 bits per heavy atom. The minimum Gasteiger partial charge on any atom is -0.481 e. The van der Waals surface area contributed by atoms with Crippen molar-refractivity contribution in [3.63, 3.8) is 0 Å². The Labute approximate surface area is 114 Å². The highest BCUT2D eigenvalue weighted by molar-refractivity contribution is 5.72. The van der Waals surface area contributed by atoms with Crippen molar-refractivity contribution in [1.82, 2.24) is 0 Å². The second kappa shape index (κ2) is 5.33. The number of ether oxygens (including phenoxy) is 1. The van der Waals surface area contributed by atoms with Gasteiger partial charge in [0.25, 0.3) is 0 Å². The van der Waals surface area contributed by atoms with E-state index < -0.39 is 5.97 Å². The molecule has 1 aromatic rings. The molecule has 104 valence electrons. The van der Waals surface area contributed by atoms with Crippen molar-refractivity contribution in [3.8, 4) is 0 Å². The summed E-state index contributed by atoms with van der Waals surface area (Å²) in [4.78, 5) is 11.2. The summed E-state index contributed by atoms with van der Waals surface area (Å²) in [6.45, 7) is 9.77. The van der Waals surface area contributed by atoms with Crippen molar-refractivity contribution in [2.45, 2.75) is 59.2 Å². The Balaban J connectivity index is 2.68. The third kappa shape index (κ3) is 2.66. The molecule has 0 amide bonds. The summed E-state index contributed by atoms with van der Waals surface area (Å²) >= 11 is 0. The third-order valence-electron chi connectivity index (χ3n) is 3.75. The van der Waals surface area contributed by atoms with Gasteiger partial charge in [0.1, 0.15) is 0 Å². The largest absolute Gasteiger partial charge is 0.481 e. The number of carbonyl (C=O) groups is 1. The maximum atomic E-state index is 11.2. The molecule has 0 bridgehead atoms. The van der Waals surface area contributed by atoms with E-state index in [1.165, 1.54) is 16.7 Å². The van der Waals surface area contributed by atoms with E-state index >= 15 is 0 Å². The average Bonchev–Trinajstić information content (AvgIpc) is 2.73.